The molecule has 0 aliphatic rings. The van der Waals surface area contributed by atoms with Crippen molar-refractivity contribution in [2.24, 2.45) is 0 Å². The Morgan fingerprint density at radius 3 is 2.75 bits per heavy atom. The molecule has 0 saturated carbocycles. The van der Waals surface area contributed by atoms with Crippen molar-refractivity contribution < 1.29 is 9.53 Å². The molecule has 0 aromatic heterocycles. The smallest absolute Gasteiger partial charge is 0.238 e. The number of alkyl halides is 1. The van der Waals surface area contributed by atoms with Gasteiger partial charge >= 0.3 is 0 Å². The minimum absolute atomic E-state index is 0.0178. The van der Waals surface area contributed by atoms with Crippen LogP contribution in [0.1, 0.15) is 18.9 Å². The second kappa shape index (κ2) is 5.89. The Labute approximate surface area is 104 Å². The van der Waals surface area contributed by atoms with Gasteiger partial charge in [-0.3, -0.25) is 4.79 Å². The van der Waals surface area contributed by atoms with Gasteiger partial charge in [0.2, 0.25) is 5.91 Å². The van der Waals surface area contributed by atoms with E-state index in [1.807, 2.05) is 32.0 Å². The average molecular weight is 286 g/mol. The lowest BCUT2D eigenvalue weighted by molar-refractivity contribution is -0.115. The van der Waals surface area contributed by atoms with E-state index in [0.29, 0.717) is 0 Å². The number of carbonyl (C=O) groups is 1. The fraction of sp³-hybridized carbons (Fsp3) is 0.417. The van der Waals surface area contributed by atoms with Crippen molar-refractivity contribution in [1.82, 2.24) is 0 Å². The molecule has 1 atom stereocenters. The van der Waals surface area contributed by atoms with Crippen LogP contribution in [0, 0.1) is 6.92 Å². The Hall–Kier alpha value is -1.03. The highest BCUT2D eigenvalue weighted by Crippen LogP contribution is 2.21. The lowest BCUT2D eigenvalue weighted by Crippen LogP contribution is -2.22. The minimum Gasteiger partial charge on any atom is -0.497 e. The lowest BCUT2D eigenvalue weighted by atomic mass is 10.2. The first-order valence-corrected chi connectivity index (χ1v) is 6.09. The van der Waals surface area contributed by atoms with Gasteiger partial charge in [-0.1, -0.05) is 22.9 Å². The Morgan fingerprint density at radius 1 is 1.56 bits per heavy atom. The molecule has 1 N–H and O–H groups in total. The van der Waals surface area contributed by atoms with Crippen molar-refractivity contribution in [3.63, 3.8) is 0 Å². The molecule has 0 aliphatic heterocycles. The summed E-state index contributed by atoms with van der Waals surface area (Å²) in [4.78, 5) is 11.5. The first kappa shape index (κ1) is 13.0. The summed E-state index contributed by atoms with van der Waals surface area (Å²) in [6.45, 7) is 3.90. The van der Waals surface area contributed by atoms with E-state index < -0.39 is 0 Å². The molecule has 88 valence electrons. The predicted octanol–water partition coefficient (Wildman–Crippen LogP) is 3.12. The van der Waals surface area contributed by atoms with E-state index in [1.165, 1.54) is 0 Å². The van der Waals surface area contributed by atoms with Crippen LogP contribution in [0.15, 0.2) is 18.2 Å². The van der Waals surface area contributed by atoms with Crippen molar-refractivity contribution in [2.45, 2.75) is 25.1 Å². The van der Waals surface area contributed by atoms with E-state index in [0.717, 1.165) is 23.4 Å². The highest BCUT2D eigenvalue weighted by Gasteiger charge is 2.13. The first-order valence-electron chi connectivity index (χ1n) is 5.18. The number of nitrogens with one attached hydrogen (secondary N) is 1. The number of hydrogen-bond acceptors (Lipinski definition) is 2. The summed E-state index contributed by atoms with van der Waals surface area (Å²) in [5, 5.41) is 2.87. The molecule has 16 heavy (non-hydrogen) atoms. The molecule has 0 aliphatic carbocycles. The van der Waals surface area contributed by atoms with Crippen molar-refractivity contribution >= 4 is 27.5 Å². The molecular weight excluding hydrogens is 270 g/mol. The van der Waals surface area contributed by atoms with E-state index >= 15 is 0 Å². The summed E-state index contributed by atoms with van der Waals surface area (Å²) in [6, 6.07) is 5.57. The third-order valence-corrected chi connectivity index (χ3v) is 3.40. The molecule has 1 aromatic rings. The number of aryl methyl sites for hydroxylation is 1. The normalized spacial score (nSPS) is 12.0. The van der Waals surface area contributed by atoms with E-state index in [4.69, 9.17) is 4.74 Å². The third kappa shape index (κ3) is 3.23. The molecule has 1 aromatic carbocycles. The van der Waals surface area contributed by atoms with Crippen molar-refractivity contribution in [2.75, 3.05) is 12.4 Å². The molecule has 0 heterocycles. The van der Waals surface area contributed by atoms with Gasteiger partial charge in [0.1, 0.15) is 5.75 Å². The van der Waals surface area contributed by atoms with Gasteiger partial charge in [0.05, 0.1) is 11.9 Å². The molecule has 0 bridgehead atoms. The SMILES string of the molecule is CCC(Br)C(=O)Nc1ccc(OC)cc1C. The van der Waals surface area contributed by atoms with Gasteiger partial charge in [-0.2, -0.15) is 0 Å². The van der Waals surface area contributed by atoms with E-state index in [9.17, 15) is 4.79 Å². The molecule has 0 fully saturated rings. The Morgan fingerprint density at radius 2 is 2.25 bits per heavy atom. The third-order valence-electron chi connectivity index (χ3n) is 2.33. The van der Waals surface area contributed by atoms with Gasteiger partial charge in [-0.15, -0.1) is 0 Å². The topological polar surface area (TPSA) is 38.3 Å². The summed E-state index contributed by atoms with van der Waals surface area (Å²) >= 11 is 3.32. The zero-order valence-electron chi connectivity index (χ0n) is 9.71. The van der Waals surface area contributed by atoms with Gasteiger partial charge in [0, 0.05) is 5.69 Å². The molecule has 4 heteroatoms. The maximum atomic E-state index is 11.7. The summed E-state index contributed by atoms with van der Waals surface area (Å²) < 4.78 is 5.10. The van der Waals surface area contributed by atoms with Crippen molar-refractivity contribution in [3.05, 3.63) is 23.8 Å². The highest BCUT2D eigenvalue weighted by atomic mass is 79.9. The summed E-state index contributed by atoms with van der Waals surface area (Å²) in [5.41, 5.74) is 1.81. The number of anilines is 1. The molecule has 1 rings (SSSR count). The van der Waals surface area contributed by atoms with Crippen LogP contribution in [0.3, 0.4) is 0 Å². The number of carbonyl (C=O) groups excluding carboxylic acids is 1. The number of benzene rings is 1. The lowest BCUT2D eigenvalue weighted by Gasteiger charge is -2.12. The van der Waals surface area contributed by atoms with E-state index in [2.05, 4.69) is 21.2 Å². The van der Waals surface area contributed by atoms with Gasteiger partial charge in [-0.05, 0) is 37.1 Å². The second-order valence-corrected chi connectivity index (χ2v) is 4.65. The molecular formula is C12H16BrNO2. The van der Waals surface area contributed by atoms with Crippen molar-refractivity contribution in [3.8, 4) is 5.75 Å². The average Bonchev–Trinajstić information content (AvgIpc) is 2.30. The number of rotatable bonds is 4. The summed E-state index contributed by atoms with van der Waals surface area (Å²) in [6.07, 6.45) is 0.765. The summed E-state index contributed by atoms with van der Waals surface area (Å²) in [5.74, 6) is 0.775. The van der Waals surface area contributed by atoms with E-state index in [1.54, 1.807) is 7.11 Å². The van der Waals surface area contributed by atoms with Crippen LogP contribution >= 0.6 is 15.9 Å². The van der Waals surface area contributed by atoms with Crippen LogP contribution in [0.4, 0.5) is 5.69 Å². The maximum absolute atomic E-state index is 11.7. The monoisotopic (exact) mass is 285 g/mol. The van der Waals surface area contributed by atoms with Crippen LogP contribution in [0.5, 0.6) is 5.75 Å². The quantitative estimate of drug-likeness (QED) is 0.864. The Balaban J connectivity index is 2.78. The molecule has 0 spiro atoms. The fourth-order valence-corrected chi connectivity index (χ4v) is 1.41. The zero-order chi connectivity index (χ0) is 12.1. The zero-order valence-corrected chi connectivity index (χ0v) is 11.3. The Kier molecular flexibility index (Phi) is 4.80. The molecule has 1 unspecified atom stereocenters. The number of ether oxygens (including phenoxy) is 1. The first-order chi connectivity index (χ1) is 7.58. The van der Waals surface area contributed by atoms with Gasteiger partial charge in [0.25, 0.3) is 0 Å². The highest BCUT2D eigenvalue weighted by molar-refractivity contribution is 9.10. The van der Waals surface area contributed by atoms with Gasteiger partial charge in [0.15, 0.2) is 0 Å². The summed E-state index contributed by atoms with van der Waals surface area (Å²) in [7, 11) is 1.62. The number of methoxy groups -OCH3 is 1. The minimum atomic E-state index is -0.144. The molecule has 0 radical (unpaired) electrons. The standard InChI is InChI=1S/C12H16BrNO2/c1-4-10(13)12(15)14-11-6-5-9(16-3)7-8(11)2/h5-7,10H,4H2,1-3H3,(H,14,15). The van der Waals surface area contributed by atoms with Gasteiger partial charge in [-0.25, -0.2) is 0 Å². The van der Waals surface area contributed by atoms with E-state index in [-0.39, 0.29) is 10.7 Å². The maximum Gasteiger partial charge on any atom is 0.238 e. The van der Waals surface area contributed by atoms with Gasteiger partial charge < -0.3 is 10.1 Å². The molecule has 1 amide bonds. The Bertz CT molecular complexity index is 379. The largest absolute Gasteiger partial charge is 0.497 e. The predicted molar refractivity (Wildman–Crippen MR) is 69.4 cm³/mol. The number of halogens is 1. The van der Waals surface area contributed by atoms with Crippen LogP contribution in [0.2, 0.25) is 0 Å². The van der Waals surface area contributed by atoms with Crippen LogP contribution < -0.4 is 10.1 Å². The molecule has 3 nitrogen and oxygen atoms in total. The number of hydrogen-bond donors (Lipinski definition) is 1. The number of amides is 1. The molecule has 0 saturated heterocycles. The second-order valence-electron chi connectivity index (χ2n) is 3.55. The van der Waals surface area contributed by atoms with Crippen molar-refractivity contribution in [1.29, 1.82) is 0 Å². The van der Waals surface area contributed by atoms with Crippen LogP contribution in [-0.2, 0) is 4.79 Å². The van der Waals surface area contributed by atoms with Crippen LogP contribution in [0.25, 0.3) is 0 Å². The van der Waals surface area contributed by atoms with Crippen LogP contribution in [-0.4, -0.2) is 17.8 Å². The fourth-order valence-electron chi connectivity index (χ4n) is 1.30.